The molecule has 17 aromatic rings. The van der Waals surface area contributed by atoms with Gasteiger partial charge in [0.2, 0.25) is 23.1 Å². The van der Waals surface area contributed by atoms with Crippen molar-refractivity contribution in [2.75, 3.05) is 114 Å². The van der Waals surface area contributed by atoms with Crippen LogP contribution < -0.4 is 75.1 Å². The molecule has 1 saturated carbocycles. The van der Waals surface area contributed by atoms with Crippen molar-refractivity contribution in [2.24, 2.45) is 0 Å². The Balaban J connectivity index is 0.000000127. The van der Waals surface area contributed by atoms with Gasteiger partial charge in [-0.2, -0.15) is 40.3 Å². The van der Waals surface area contributed by atoms with Crippen molar-refractivity contribution >= 4 is 206 Å². The second-order valence-electron chi connectivity index (χ2n) is 25.6. The highest BCUT2D eigenvalue weighted by Gasteiger charge is 2.24. The van der Waals surface area contributed by atoms with Crippen LogP contribution in [0.1, 0.15) is 12.8 Å². The van der Waals surface area contributed by atoms with Crippen LogP contribution in [0.5, 0.6) is 46.0 Å². The first-order valence-electron chi connectivity index (χ1n) is 35.6. The van der Waals surface area contributed by atoms with Crippen LogP contribution in [0.3, 0.4) is 0 Å². The summed E-state index contributed by atoms with van der Waals surface area (Å²) in [5, 5.41) is 58.5. The summed E-state index contributed by atoms with van der Waals surface area (Å²) in [5.74, 6) is 8.42. The molecule has 592 valence electrons. The lowest BCUT2D eigenvalue weighted by Crippen LogP contribution is -2.11. The Labute approximate surface area is 689 Å². The third-order valence-corrected chi connectivity index (χ3v) is 18.4. The molecule has 18 rings (SSSR count). The van der Waals surface area contributed by atoms with Gasteiger partial charge in [-0.1, -0.05) is 0 Å². The van der Waals surface area contributed by atoms with E-state index >= 15 is 0 Å². The van der Waals surface area contributed by atoms with Crippen molar-refractivity contribution in [1.82, 2.24) is 80.7 Å². The van der Waals surface area contributed by atoms with Gasteiger partial charge in [-0.05, 0) is 146 Å². The van der Waals surface area contributed by atoms with Crippen LogP contribution in [0.15, 0.2) is 170 Å². The highest BCUT2D eigenvalue weighted by atomic mass is 128. The summed E-state index contributed by atoms with van der Waals surface area (Å²) in [5.41, 5.74) is 10.8. The molecule has 11 N–H and O–H groups in total. The quantitative estimate of drug-likeness (QED) is 0.0152. The normalized spacial score (nSPS) is 11.5. The largest absolute Gasteiger partial charge is 0.493 e. The van der Waals surface area contributed by atoms with Crippen molar-refractivity contribution in [3.05, 3.63) is 181 Å². The van der Waals surface area contributed by atoms with Crippen molar-refractivity contribution < 1.29 is 47.0 Å². The van der Waals surface area contributed by atoms with Gasteiger partial charge in [0.25, 0.3) is 0 Å². The summed E-state index contributed by atoms with van der Waals surface area (Å²) in [6.07, 6.45) is 9.39. The SMILES string of the molecule is COCCNc1nc(Nc2ccc3[nH]ncc3c2)c2cc(OC)c(OC)cc2n1.COc1cc2nc(Cl)nc(Nc3ccc4[nH]ncc4c3)c2cc1OC.COc1cc2nc(NC3CC3)nc(Nc3ccc4[nH]ncc4c3)c2cc1OC.COc1cc2nc(Nc3ccc(F)cc3)nc(Nc3ccc4[nH]ncc4c3)c2cc1OC.II. The summed E-state index contributed by atoms with van der Waals surface area (Å²) in [4.78, 5) is 36.5. The first-order chi connectivity index (χ1) is 56.7. The number of hydrogen-bond acceptors (Lipinski definition) is 28. The maximum absolute atomic E-state index is 13.3. The number of hydrogen-bond donors (Lipinski definition) is 11. The summed E-state index contributed by atoms with van der Waals surface area (Å²) in [7, 11) is 14.4. The maximum Gasteiger partial charge on any atom is 0.229 e. The van der Waals surface area contributed by atoms with Gasteiger partial charge < -0.3 is 79.8 Å². The highest BCUT2D eigenvalue weighted by Crippen LogP contribution is 2.42. The summed E-state index contributed by atoms with van der Waals surface area (Å²) in [6.45, 7) is 1.14. The van der Waals surface area contributed by atoms with Crippen LogP contribution in [0.2, 0.25) is 5.28 Å². The van der Waals surface area contributed by atoms with E-state index in [1.807, 2.05) is 109 Å². The molecule has 0 aliphatic heterocycles. The molecular formula is C80H75ClFI2N23O9. The fraction of sp³-hybridized carbons (Fsp3) is 0.175. The van der Waals surface area contributed by atoms with Gasteiger partial charge in [0.1, 0.15) is 29.1 Å². The van der Waals surface area contributed by atoms with Crippen molar-refractivity contribution in [3.63, 3.8) is 0 Å². The smallest absolute Gasteiger partial charge is 0.229 e. The molecule has 1 fully saturated rings. The summed E-state index contributed by atoms with van der Waals surface area (Å²) < 4.78 is 61.8. The van der Waals surface area contributed by atoms with Crippen molar-refractivity contribution in [3.8, 4) is 46.0 Å². The van der Waals surface area contributed by atoms with E-state index in [4.69, 9.17) is 59.2 Å². The molecule has 36 heteroatoms. The molecule has 1 aliphatic rings. The summed E-state index contributed by atoms with van der Waals surface area (Å²) in [6, 6.07) is 44.8. The number of nitrogens with one attached hydrogen (secondary N) is 11. The predicted molar refractivity (Wildman–Crippen MR) is 468 cm³/mol. The van der Waals surface area contributed by atoms with E-state index in [0.717, 1.165) is 112 Å². The van der Waals surface area contributed by atoms with E-state index < -0.39 is 0 Å². The Bertz CT molecular complexity index is 6340. The Morgan fingerprint density at radius 1 is 0.362 bits per heavy atom. The number of rotatable bonds is 24. The van der Waals surface area contributed by atoms with Crippen LogP contribution in [0.4, 0.5) is 73.9 Å². The standard InChI is InChI=1S/C23H19FN6O2.C20H22N6O3.C20H20N6O2.C17H14ClN5O2.I2/c1-31-20-10-17-19(11-21(20)32-2)28-23(27-15-5-3-14(24)4-6-15)29-22(17)26-16-7-8-18-13(9-16)12-25-30-18;1-27-7-6-21-20-24-16-10-18(29-3)17(28-2)9-14(16)19(25-20)23-13-4-5-15-12(8-13)11-22-26-15;1-27-17-8-14-16(9-18(17)28-2)24-20(23-12-3-4-12)25-19(14)22-13-5-6-15-11(7-13)10-21-26-15;1-24-14-6-11-13(7-15(14)25-2)21-17(18)22-16(11)20-10-3-4-12-9(5-10)8-19-23-12;1-2/h3-12H,1-2H3,(H,25,30)(H2,26,27,28,29);4-5,8-11H,6-7H2,1-3H3,(H,22,26)(H2,21,23,24,25);5-10,12H,3-4H2,1-2H3,(H,21,26)(H2,22,23,24,25);3-8H,1-2H3,(H,19,23)(H,20,21,22);. The van der Waals surface area contributed by atoms with Gasteiger partial charge in [0, 0.05) is 153 Å². The van der Waals surface area contributed by atoms with Gasteiger partial charge in [0.15, 0.2) is 46.0 Å². The van der Waals surface area contributed by atoms with Gasteiger partial charge in [-0.25, -0.2) is 24.3 Å². The monoisotopic (exact) mass is 1810 g/mol. The minimum Gasteiger partial charge on any atom is -0.493 e. The van der Waals surface area contributed by atoms with Gasteiger partial charge in [-0.3, -0.25) is 20.4 Å². The number of H-pyrrole nitrogens is 4. The van der Waals surface area contributed by atoms with Crippen LogP contribution in [0, 0.1) is 5.82 Å². The number of nitrogens with zero attached hydrogens (tertiary/aromatic N) is 12. The number of ether oxygens (including phenoxy) is 9. The van der Waals surface area contributed by atoms with Crippen molar-refractivity contribution in [2.45, 2.75) is 18.9 Å². The summed E-state index contributed by atoms with van der Waals surface area (Å²) >= 11 is 10.3. The van der Waals surface area contributed by atoms with E-state index in [1.165, 1.54) is 12.1 Å². The van der Waals surface area contributed by atoms with Crippen molar-refractivity contribution in [1.29, 1.82) is 0 Å². The molecule has 0 amide bonds. The third kappa shape index (κ3) is 18.5. The average molecular weight is 1810 g/mol. The highest BCUT2D eigenvalue weighted by molar-refractivity contribution is 15.0. The molecule has 32 nitrogen and oxygen atoms in total. The van der Waals surface area contributed by atoms with Gasteiger partial charge in [0.05, 0.1) is 132 Å². The second kappa shape index (κ2) is 36.8. The molecule has 0 bridgehead atoms. The number of fused-ring (bicyclic) bond motifs is 8. The van der Waals surface area contributed by atoms with E-state index in [2.05, 4.69) is 150 Å². The van der Waals surface area contributed by atoms with Gasteiger partial charge in [-0.15, -0.1) is 0 Å². The molecule has 116 heavy (non-hydrogen) atoms. The maximum atomic E-state index is 13.3. The van der Waals surface area contributed by atoms with Gasteiger partial charge >= 0.3 is 0 Å². The zero-order valence-electron chi connectivity index (χ0n) is 63.6. The Hall–Kier alpha value is -13.1. The zero-order valence-corrected chi connectivity index (χ0v) is 68.7. The lowest BCUT2D eigenvalue weighted by atomic mass is 10.2. The number of aromatic amines is 4. The number of halogens is 4. The first kappa shape index (κ1) is 79.5. The van der Waals surface area contributed by atoms with Crippen LogP contribution in [0.25, 0.3) is 87.2 Å². The molecule has 9 aromatic carbocycles. The number of benzene rings is 9. The molecule has 8 heterocycles. The molecule has 0 saturated heterocycles. The topological polar surface area (TPSA) is 385 Å². The number of aromatic nitrogens is 16. The molecular weight excluding hydrogens is 1740 g/mol. The van der Waals surface area contributed by atoms with E-state index in [-0.39, 0.29) is 11.1 Å². The van der Waals surface area contributed by atoms with Crippen LogP contribution >= 0.6 is 48.8 Å². The predicted octanol–water partition coefficient (Wildman–Crippen LogP) is 18.0. The second-order valence-corrected chi connectivity index (χ2v) is 25.9. The molecule has 0 unspecified atom stereocenters. The molecule has 0 radical (unpaired) electrons. The fourth-order valence-electron chi connectivity index (χ4n) is 12.3. The minimum atomic E-state index is -0.316. The fourth-order valence-corrected chi connectivity index (χ4v) is 12.5. The number of anilines is 12. The Morgan fingerprint density at radius 2 is 0.672 bits per heavy atom. The van der Waals surface area contributed by atoms with Crippen LogP contribution in [-0.4, -0.2) is 164 Å². The zero-order chi connectivity index (χ0) is 80.8. The lowest BCUT2D eigenvalue weighted by Gasteiger charge is -2.14. The molecule has 0 spiro atoms. The van der Waals surface area contributed by atoms with E-state index in [1.54, 1.807) is 113 Å². The minimum absolute atomic E-state index is 0.145. The molecule has 8 aromatic heterocycles. The third-order valence-electron chi connectivity index (χ3n) is 18.2. The average Bonchev–Trinajstić information content (AvgIpc) is 0.919. The van der Waals surface area contributed by atoms with Crippen LogP contribution in [-0.2, 0) is 4.74 Å². The number of methoxy groups -OCH3 is 9. The Kier molecular flexibility index (Phi) is 25.2. The molecule has 0 atom stereocenters. The molecule has 1 aliphatic carbocycles. The van der Waals surface area contributed by atoms with E-state index in [9.17, 15) is 4.39 Å². The van der Waals surface area contributed by atoms with E-state index in [0.29, 0.717) is 123 Å². The first-order valence-corrected chi connectivity index (χ1v) is 42.3. The Morgan fingerprint density at radius 3 is 1.03 bits per heavy atom. The lowest BCUT2D eigenvalue weighted by molar-refractivity contribution is 0.210.